The molecule has 2 aromatic rings. The van der Waals surface area contributed by atoms with Gasteiger partial charge in [0.25, 0.3) is 5.91 Å². The molecule has 5 heteroatoms. The van der Waals surface area contributed by atoms with Gasteiger partial charge in [-0.15, -0.1) is 0 Å². The number of amides is 1. The fourth-order valence-electron chi connectivity index (χ4n) is 1.57. The third-order valence-electron chi connectivity index (χ3n) is 2.50. The lowest BCUT2D eigenvalue weighted by Gasteiger charge is -2.16. The summed E-state index contributed by atoms with van der Waals surface area (Å²) in [6.07, 6.45) is 0. The van der Waals surface area contributed by atoms with Gasteiger partial charge < -0.3 is 9.32 Å². The number of hydrogen-bond acceptors (Lipinski definition) is 2. The molecule has 0 fully saturated rings. The van der Waals surface area contributed by atoms with Crippen molar-refractivity contribution in [1.29, 1.82) is 0 Å². The van der Waals surface area contributed by atoms with Crippen molar-refractivity contribution in [3.05, 3.63) is 57.4 Å². The lowest BCUT2D eigenvalue weighted by molar-refractivity contribution is 0.0753. The number of hydrogen-bond donors (Lipinski definition) is 0. The Bertz CT molecular complexity index is 568. The maximum atomic E-state index is 12.0. The van der Waals surface area contributed by atoms with Crippen LogP contribution in [0.15, 0.2) is 45.3 Å². The number of benzene rings is 1. The molecule has 0 saturated carbocycles. The van der Waals surface area contributed by atoms with E-state index in [4.69, 9.17) is 16.0 Å². The van der Waals surface area contributed by atoms with Gasteiger partial charge in [0.05, 0.1) is 0 Å². The Morgan fingerprint density at radius 3 is 2.67 bits per heavy atom. The van der Waals surface area contributed by atoms with Crippen molar-refractivity contribution in [1.82, 2.24) is 4.90 Å². The second-order valence-electron chi connectivity index (χ2n) is 3.86. The molecule has 1 aromatic carbocycles. The van der Waals surface area contributed by atoms with Crippen LogP contribution in [-0.2, 0) is 6.54 Å². The zero-order valence-electron chi connectivity index (χ0n) is 9.69. The van der Waals surface area contributed by atoms with E-state index in [2.05, 4.69) is 15.9 Å². The Labute approximate surface area is 118 Å². The molecule has 0 aliphatic rings. The normalized spacial score (nSPS) is 10.4. The average Bonchev–Trinajstić information content (AvgIpc) is 2.78. The van der Waals surface area contributed by atoms with Crippen molar-refractivity contribution in [3.8, 4) is 0 Å². The molecule has 2 rings (SSSR count). The molecule has 18 heavy (non-hydrogen) atoms. The molecule has 94 valence electrons. The standard InChI is InChI=1S/C13H11BrClNO2/c1-16(8-9-4-2-3-5-10(9)14)13(17)11-6-7-12(15)18-11/h2-7H,8H2,1H3. The first kappa shape index (κ1) is 13.2. The predicted molar refractivity (Wildman–Crippen MR) is 73.7 cm³/mol. The molecule has 1 amide bonds. The van der Waals surface area contributed by atoms with Crippen molar-refractivity contribution in [2.45, 2.75) is 6.54 Å². The van der Waals surface area contributed by atoms with Crippen molar-refractivity contribution in [3.63, 3.8) is 0 Å². The maximum Gasteiger partial charge on any atom is 0.289 e. The lowest BCUT2D eigenvalue weighted by Crippen LogP contribution is -2.25. The van der Waals surface area contributed by atoms with Crippen LogP contribution in [0.2, 0.25) is 5.22 Å². The number of furan rings is 1. The van der Waals surface area contributed by atoms with Crippen LogP contribution in [0.3, 0.4) is 0 Å². The minimum Gasteiger partial charge on any atom is -0.440 e. The molecule has 0 bridgehead atoms. The summed E-state index contributed by atoms with van der Waals surface area (Å²) in [5.41, 5.74) is 1.03. The molecule has 0 aliphatic carbocycles. The number of nitrogens with zero attached hydrogens (tertiary/aromatic N) is 1. The van der Waals surface area contributed by atoms with E-state index in [9.17, 15) is 4.79 Å². The lowest BCUT2D eigenvalue weighted by atomic mass is 10.2. The minimum absolute atomic E-state index is 0.197. The second kappa shape index (κ2) is 5.59. The highest BCUT2D eigenvalue weighted by Crippen LogP contribution is 2.19. The molecule has 3 nitrogen and oxygen atoms in total. The van der Waals surface area contributed by atoms with E-state index in [1.165, 1.54) is 0 Å². The molecule has 0 spiro atoms. The summed E-state index contributed by atoms with van der Waals surface area (Å²) in [7, 11) is 1.72. The summed E-state index contributed by atoms with van der Waals surface area (Å²) in [5.74, 6) is 0.0483. The molecule has 0 atom stereocenters. The van der Waals surface area contributed by atoms with Gasteiger partial charge in [-0.3, -0.25) is 4.79 Å². The SMILES string of the molecule is CN(Cc1ccccc1Br)C(=O)c1ccc(Cl)o1. The van der Waals surface area contributed by atoms with Gasteiger partial charge in [-0.1, -0.05) is 34.1 Å². The molecule has 1 heterocycles. The highest BCUT2D eigenvalue weighted by Gasteiger charge is 2.16. The first-order valence-electron chi connectivity index (χ1n) is 5.32. The zero-order valence-corrected chi connectivity index (χ0v) is 12.0. The van der Waals surface area contributed by atoms with E-state index in [-0.39, 0.29) is 16.9 Å². The Kier molecular flexibility index (Phi) is 4.09. The Morgan fingerprint density at radius 1 is 1.33 bits per heavy atom. The van der Waals surface area contributed by atoms with E-state index in [1.54, 1.807) is 24.1 Å². The Hall–Kier alpha value is -1.26. The second-order valence-corrected chi connectivity index (χ2v) is 5.08. The first-order valence-corrected chi connectivity index (χ1v) is 6.49. The van der Waals surface area contributed by atoms with Gasteiger partial charge in [-0.05, 0) is 35.4 Å². The number of halogens is 2. The smallest absolute Gasteiger partial charge is 0.289 e. The molecule has 0 radical (unpaired) electrons. The van der Waals surface area contributed by atoms with Gasteiger partial charge in [0.15, 0.2) is 11.0 Å². The fraction of sp³-hybridized carbons (Fsp3) is 0.154. The summed E-state index contributed by atoms with van der Waals surface area (Å²) >= 11 is 9.10. The third-order valence-corrected chi connectivity index (χ3v) is 3.47. The average molecular weight is 329 g/mol. The van der Waals surface area contributed by atoms with E-state index in [1.807, 2.05) is 24.3 Å². The van der Waals surface area contributed by atoms with E-state index >= 15 is 0 Å². The van der Waals surface area contributed by atoms with Crippen LogP contribution < -0.4 is 0 Å². The fourth-order valence-corrected chi connectivity index (χ4v) is 2.13. The number of rotatable bonds is 3. The highest BCUT2D eigenvalue weighted by atomic mass is 79.9. The molecular weight excluding hydrogens is 318 g/mol. The summed E-state index contributed by atoms with van der Waals surface area (Å²) in [6, 6.07) is 10.9. The maximum absolute atomic E-state index is 12.0. The quantitative estimate of drug-likeness (QED) is 0.854. The van der Waals surface area contributed by atoms with Crippen molar-refractivity contribution < 1.29 is 9.21 Å². The van der Waals surface area contributed by atoms with E-state index in [0.717, 1.165) is 10.0 Å². The Morgan fingerprint density at radius 2 is 2.06 bits per heavy atom. The van der Waals surface area contributed by atoms with Gasteiger partial charge in [-0.25, -0.2) is 0 Å². The van der Waals surface area contributed by atoms with Gasteiger partial charge in [0.1, 0.15) is 0 Å². The molecular formula is C13H11BrClNO2. The van der Waals surface area contributed by atoms with E-state index < -0.39 is 0 Å². The van der Waals surface area contributed by atoms with Gasteiger partial charge in [-0.2, -0.15) is 0 Å². The zero-order chi connectivity index (χ0) is 13.1. The van der Waals surface area contributed by atoms with Crippen LogP contribution >= 0.6 is 27.5 Å². The van der Waals surface area contributed by atoms with Gasteiger partial charge in [0, 0.05) is 18.1 Å². The largest absolute Gasteiger partial charge is 0.440 e. The van der Waals surface area contributed by atoms with Gasteiger partial charge >= 0.3 is 0 Å². The monoisotopic (exact) mass is 327 g/mol. The van der Waals surface area contributed by atoms with Crippen molar-refractivity contribution >= 4 is 33.4 Å². The number of carbonyl (C=O) groups is 1. The summed E-state index contributed by atoms with van der Waals surface area (Å²) in [4.78, 5) is 13.6. The summed E-state index contributed by atoms with van der Waals surface area (Å²) in [6.45, 7) is 0.499. The Balaban J connectivity index is 2.11. The van der Waals surface area contributed by atoms with Crippen LogP contribution in [0, 0.1) is 0 Å². The molecule has 0 unspecified atom stereocenters. The molecule has 0 saturated heterocycles. The van der Waals surface area contributed by atoms with Crippen molar-refractivity contribution in [2.24, 2.45) is 0 Å². The minimum atomic E-state index is -0.197. The van der Waals surface area contributed by atoms with Crippen LogP contribution in [0.25, 0.3) is 0 Å². The van der Waals surface area contributed by atoms with E-state index in [0.29, 0.717) is 6.54 Å². The highest BCUT2D eigenvalue weighted by molar-refractivity contribution is 9.10. The summed E-state index contributed by atoms with van der Waals surface area (Å²) in [5, 5.41) is 0.215. The van der Waals surface area contributed by atoms with Crippen LogP contribution in [0.5, 0.6) is 0 Å². The van der Waals surface area contributed by atoms with Gasteiger partial charge in [0.2, 0.25) is 0 Å². The predicted octanol–water partition coefficient (Wildman–Crippen LogP) is 3.97. The van der Waals surface area contributed by atoms with Crippen LogP contribution in [-0.4, -0.2) is 17.9 Å². The third kappa shape index (κ3) is 2.94. The van der Waals surface area contributed by atoms with Crippen LogP contribution in [0.4, 0.5) is 0 Å². The number of carbonyl (C=O) groups excluding carboxylic acids is 1. The molecule has 0 N–H and O–H groups in total. The first-order chi connectivity index (χ1) is 8.58. The van der Waals surface area contributed by atoms with Crippen molar-refractivity contribution in [2.75, 3.05) is 7.05 Å². The molecule has 0 aliphatic heterocycles. The summed E-state index contributed by atoms with van der Waals surface area (Å²) < 4.78 is 6.07. The molecule has 1 aromatic heterocycles. The topological polar surface area (TPSA) is 33.5 Å². The van der Waals surface area contributed by atoms with Crippen LogP contribution in [0.1, 0.15) is 16.1 Å².